The standard InChI is InChI=1S/C29H32F3N7O/c1-20-12-16-38(25-19-24(35-36-28(25)33)21-7-2-3-9-26(21)40)17-18-39(20)27-11-10-22(29(30,31)32)23(34-27)8-6-15-37-13-4-5-14-37/h2-3,7,9-11,19-20,40H,4-5,12-18H2,1H3,(H2,33,36)/t20-/m0/s1. The van der Waals surface area contributed by atoms with Gasteiger partial charge in [-0.15, -0.1) is 10.2 Å². The van der Waals surface area contributed by atoms with E-state index in [4.69, 9.17) is 5.73 Å². The number of nitrogens with zero attached hydrogens (tertiary/aromatic N) is 6. The Bertz CT molecular complexity index is 1410. The smallest absolute Gasteiger partial charge is 0.419 e. The third-order valence-corrected chi connectivity index (χ3v) is 7.47. The Morgan fingerprint density at radius 1 is 1.02 bits per heavy atom. The Balaban J connectivity index is 1.39. The van der Waals surface area contributed by atoms with Crippen molar-refractivity contribution in [3.05, 3.63) is 53.7 Å². The van der Waals surface area contributed by atoms with Crippen LogP contribution in [0.4, 0.5) is 30.5 Å². The molecule has 3 N–H and O–H groups in total. The van der Waals surface area contributed by atoms with Crippen LogP contribution in [0.25, 0.3) is 11.3 Å². The van der Waals surface area contributed by atoms with Crippen LogP contribution < -0.4 is 15.5 Å². The molecule has 3 aromatic rings. The topological polar surface area (TPSA) is 94.6 Å². The molecule has 2 saturated heterocycles. The van der Waals surface area contributed by atoms with Gasteiger partial charge in [0.25, 0.3) is 0 Å². The van der Waals surface area contributed by atoms with E-state index in [1.54, 1.807) is 24.3 Å². The maximum absolute atomic E-state index is 13.8. The van der Waals surface area contributed by atoms with Crippen molar-refractivity contribution in [2.45, 2.75) is 38.4 Å². The monoisotopic (exact) mass is 551 g/mol. The van der Waals surface area contributed by atoms with E-state index >= 15 is 0 Å². The first-order chi connectivity index (χ1) is 19.2. The number of halogens is 3. The van der Waals surface area contributed by atoms with Gasteiger partial charge in [-0.25, -0.2) is 4.98 Å². The van der Waals surface area contributed by atoms with Gasteiger partial charge in [-0.3, -0.25) is 4.90 Å². The number of pyridine rings is 1. The lowest BCUT2D eigenvalue weighted by molar-refractivity contribution is -0.138. The lowest BCUT2D eigenvalue weighted by atomic mass is 10.1. The molecule has 11 heteroatoms. The Hall–Kier alpha value is -4.04. The number of rotatable bonds is 4. The van der Waals surface area contributed by atoms with Crippen molar-refractivity contribution in [2.24, 2.45) is 0 Å². The lowest BCUT2D eigenvalue weighted by Gasteiger charge is -2.28. The number of alkyl halides is 3. The number of aromatic nitrogens is 3. The minimum atomic E-state index is -4.54. The molecular formula is C29H32F3N7O. The molecule has 0 unspecified atom stereocenters. The number of nitrogen functional groups attached to an aromatic ring is 1. The van der Waals surface area contributed by atoms with E-state index in [1.165, 1.54) is 6.07 Å². The molecule has 0 aliphatic carbocycles. The van der Waals surface area contributed by atoms with Crippen LogP contribution in [0.1, 0.15) is 37.4 Å². The number of para-hydroxylation sites is 1. The summed E-state index contributed by atoms with van der Waals surface area (Å²) in [5.41, 5.74) is 6.89. The molecule has 0 saturated carbocycles. The first-order valence-electron chi connectivity index (χ1n) is 13.4. The molecule has 2 aliphatic rings. The van der Waals surface area contributed by atoms with Crippen LogP contribution in [-0.2, 0) is 6.18 Å². The van der Waals surface area contributed by atoms with Crippen LogP contribution in [0, 0.1) is 11.8 Å². The molecule has 210 valence electrons. The van der Waals surface area contributed by atoms with Crippen molar-refractivity contribution in [3.63, 3.8) is 0 Å². The molecule has 1 aromatic carbocycles. The Morgan fingerprint density at radius 3 is 2.55 bits per heavy atom. The summed E-state index contributed by atoms with van der Waals surface area (Å²) in [5, 5.41) is 18.6. The summed E-state index contributed by atoms with van der Waals surface area (Å²) in [6, 6.07) is 11.2. The van der Waals surface area contributed by atoms with Crippen molar-refractivity contribution in [2.75, 3.05) is 54.8 Å². The molecule has 4 heterocycles. The van der Waals surface area contributed by atoms with Gasteiger partial charge in [0.2, 0.25) is 0 Å². The highest BCUT2D eigenvalue weighted by molar-refractivity contribution is 5.74. The van der Waals surface area contributed by atoms with Gasteiger partial charge in [0.05, 0.1) is 23.5 Å². The zero-order valence-electron chi connectivity index (χ0n) is 22.3. The zero-order valence-corrected chi connectivity index (χ0v) is 22.3. The molecule has 2 aromatic heterocycles. The van der Waals surface area contributed by atoms with Crippen molar-refractivity contribution < 1.29 is 18.3 Å². The predicted octanol–water partition coefficient (Wildman–Crippen LogP) is 4.40. The molecule has 2 aliphatic heterocycles. The summed E-state index contributed by atoms with van der Waals surface area (Å²) >= 11 is 0. The Labute approximate surface area is 231 Å². The average molecular weight is 552 g/mol. The number of phenols is 1. The number of aromatic hydroxyl groups is 1. The summed E-state index contributed by atoms with van der Waals surface area (Å²) < 4.78 is 41.3. The minimum absolute atomic E-state index is 0.00769. The fraction of sp³-hybridized carbons (Fsp3) is 0.414. The summed E-state index contributed by atoms with van der Waals surface area (Å²) in [6.45, 7) is 6.00. The summed E-state index contributed by atoms with van der Waals surface area (Å²) in [5.74, 6) is 6.44. The van der Waals surface area contributed by atoms with E-state index in [0.29, 0.717) is 55.4 Å². The zero-order chi connectivity index (χ0) is 28.3. The molecule has 5 rings (SSSR count). The average Bonchev–Trinajstić information content (AvgIpc) is 3.37. The number of hydrogen-bond donors (Lipinski definition) is 2. The number of hydrogen-bond acceptors (Lipinski definition) is 8. The second-order valence-corrected chi connectivity index (χ2v) is 10.2. The van der Waals surface area contributed by atoms with Crippen LogP contribution >= 0.6 is 0 Å². The molecule has 0 bridgehead atoms. The summed E-state index contributed by atoms with van der Waals surface area (Å²) in [4.78, 5) is 10.7. The SMILES string of the molecule is C[C@H]1CCN(c2cc(-c3ccccc3O)nnc2N)CCN1c1ccc(C(F)(F)F)c(C#CCN2CCCC2)n1. The molecule has 0 spiro atoms. The second kappa shape index (κ2) is 11.6. The number of anilines is 3. The van der Waals surface area contributed by atoms with Gasteiger partial charge >= 0.3 is 6.18 Å². The van der Waals surface area contributed by atoms with Crippen molar-refractivity contribution in [1.82, 2.24) is 20.1 Å². The van der Waals surface area contributed by atoms with Crippen LogP contribution in [0.3, 0.4) is 0 Å². The van der Waals surface area contributed by atoms with Gasteiger partial charge in [-0.2, -0.15) is 13.2 Å². The van der Waals surface area contributed by atoms with E-state index in [2.05, 4.69) is 36.8 Å². The number of benzene rings is 1. The van der Waals surface area contributed by atoms with E-state index in [0.717, 1.165) is 32.0 Å². The number of phenolic OH excluding ortho intramolecular Hbond substituents is 1. The highest BCUT2D eigenvalue weighted by atomic mass is 19.4. The van der Waals surface area contributed by atoms with E-state index in [9.17, 15) is 18.3 Å². The molecule has 2 fully saturated rings. The Morgan fingerprint density at radius 2 is 1.80 bits per heavy atom. The van der Waals surface area contributed by atoms with Crippen LogP contribution in [0.5, 0.6) is 5.75 Å². The Kier molecular flexibility index (Phi) is 7.98. The molecular weight excluding hydrogens is 519 g/mol. The largest absolute Gasteiger partial charge is 0.507 e. The normalized spacial score (nSPS) is 18.4. The van der Waals surface area contributed by atoms with Gasteiger partial charge < -0.3 is 20.6 Å². The fourth-order valence-corrected chi connectivity index (χ4v) is 5.22. The quantitative estimate of drug-likeness (QED) is 0.461. The van der Waals surface area contributed by atoms with Crippen LogP contribution in [0.2, 0.25) is 0 Å². The van der Waals surface area contributed by atoms with Crippen molar-refractivity contribution >= 4 is 17.3 Å². The van der Waals surface area contributed by atoms with Gasteiger partial charge in [0, 0.05) is 31.2 Å². The van der Waals surface area contributed by atoms with Gasteiger partial charge in [-0.1, -0.05) is 18.1 Å². The molecule has 8 nitrogen and oxygen atoms in total. The maximum atomic E-state index is 13.8. The van der Waals surface area contributed by atoms with Crippen LogP contribution in [0.15, 0.2) is 42.5 Å². The van der Waals surface area contributed by atoms with E-state index in [1.807, 2.05) is 17.9 Å². The summed E-state index contributed by atoms with van der Waals surface area (Å²) in [6.07, 6.45) is -1.65. The third-order valence-electron chi connectivity index (χ3n) is 7.47. The van der Waals surface area contributed by atoms with E-state index < -0.39 is 11.7 Å². The van der Waals surface area contributed by atoms with Gasteiger partial charge in [0.15, 0.2) is 5.82 Å². The third kappa shape index (κ3) is 6.07. The fourth-order valence-electron chi connectivity index (χ4n) is 5.22. The van der Waals surface area contributed by atoms with Gasteiger partial charge in [-0.05, 0) is 75.5 Å². The van der Waals surface area contributed by atoms with Crippen LogP contribution in [-0.4, -0.2) is 70.5 Å². The molecule has 0 amide bonds. The summed E-state index contributed by atoms with van der Waals surface area (Å²) in [7, 11) is 0. The minimum Gasteiger partial charge on any atom is -0.507 e. The predicted molar refractivity (Wildman–Crippen MR) is 149 cm³/mol. The van der Waals surface area contributed by atoms with Crippen molar-refractivity contribution in [3.8, 4) is 28.8 Å². The second-order valence-electron chi connectivity index (χ2n) is 10.2. The maximum Gasteiger partial charge on any atom is 0.419 e. The molecule has 40 heavy (non-hydrogen) atoms. The number of likely N-dealkylation sites (tertiary alicyclic amines) is 1. The lowest BCUT2D eigenvalue weighted by Crippen LogP contribution is -2.35. The molecule has 0 radical (unpaired) electrons. The van der Waals surface area contributed by atoms with E-state index in [-0.39, 0.29) is 23.3 Å². The first-order valence-corrected chi connectivity index (χ1v) is 13.4. The highest BCUT2D eigenvalue weighted by Crippen LogP contribution is 2.34. The first kappa shape index (κ1) is 27.5. The highest BCUT2D eigenvalue weighted by Gasteiger charge is 2.35. The number of nitrogens with two attached hydrogens (primary N) is 1. The van der Waals surface area contributed by atoms with Gasteiger partial charge in [0.1, 0.15) is 17.3 Å². The van der Waals surface area contributed by atoms with Crippen molar-refractivity contribution in [1.29, 1.82) is 0 Å². The molecule has 1 atom stereocenters.